The van der Waals surface area contributed by atoms with Crippen molar-refractivity contribution < 1.29 is 22.4 Å². The molecule has 3 aliphatic carbocycles. The Morgan fingerprint density at radius 2 is 1.75 bits per heavy atom. The van der Waals surface area contributed by atoms with Gasteiger partial charge in [-0.05, 0) is 42.4 Å². The third kappa shape index (κ3) is 3.14. The number of hydrogen-bond donors (Lipinski definition) is 1. The standard InChI is InChI=1S/C20H19F4N3O/c1-12(15(28)8-13-2-4-14(21)5-3-13)18-9-19(10-18,11-18)27-17-16(20(22,23)24)25-6-7-26-17/h2-7,12H,8-11H2,1H3,(H,26,27). The van der Waals surface area contributed by atoms with Gasteiger partial charge in [0.2, 0.25) is 0 Å². The lowest BCUT2D eigenvalue weighted by Gasteiger charge is -2.72. The first-order chi connectivity index (χ1) is 13.1. The summed E-state index contributed by atoms with van der Waals surface area (Å²) in [5.41, 5.74) is -0.883. The highest BCUT2D eigenvalue weighted by molar-refractivity contribution is 5.84. The van der Waals surface area contributed by atoms with E-state index in [0.29, 0.717) is 19.3 Å². The van der Waals surface area contributed by atoms with E-state index in [1.54, 1.807) is 12.1 Å². The van der Waals surface area contributed by atoms with Crippen LogP contribution in [0.25, 0.3) is 0 Å². The molecule has 8 heteroatoms. The lowest BCUT2D eigenvalue weighted by Crippen LogP contribution is -2.73. The van der Waals surface area contributed by atoms with Gasteiger partial charge in [0.05, 0.1) is 0 Å². The number of nitrogens with zero attached hydrogens (tertiary/aromatic N) is 2. The molecule has 1 atom stereocenters. The first kappa shape index (κ1) is 18.8. The Hall–Kier alpha value is -2.51. The predicted octanol–water partition coefficient (Wildman–Crippen LogP) is 4.42. The van der Waals surface area contributed by atoms with Crippen LogP contribution in [0, 0.1) is 17.2 Å². The van der Waals surface area contributed by atoms with Gasteiger partial charge in [-0.2, -0.15) is 13.2 Å². The molecule has 3 saturated carbocycles. The summed E-state index contributed by atoms with van der Waals surface area (Å²) in [5.74, 6) is -0.743. The molecule has 148 valence electrons. The van der Waals surface area contributed by atoms with Crippen LogP contribution >= 0.6 is 0 Å². The molecule has 1 aromatic carbocycles. The van der Waals surface area contributed by atoms with Crippen LogP contribution in [0.5, 0.6) is 0 Å². The van der Waals surface area contributed by atoms with Crippen molar-refractivity contribution in [3.63, 3.8) is 0 Å². The fraction of sp³-hybridized carbons (Fsp3) is 0.450. The van der Waals surface area contributed by atoms with Crippen molar-refractivity contribution in [2.45, 2.75) is 44.3 Å². The number of alkyl halides is 3. The highest BCUT2D eigenvalue weighted by Gasteiger charge is 2.70. The highest BCUT2D eigenvalue weighted by atomic mass is 19.4. The van der Waals surface area contributed by atoms with Gasteiger partial charge in [0.15, 0.2) is 11.5 Å². The molecule has 3 fully saturated rings. The summed E-state index contributed by atoms with van der Waals surface area (Å²) in [4.78, 5) is 19.8. The number of hydrogen-bond acceptors (Lipinski definition) is 4. The van der Waals surface area contributed by atoms with Crippen LogP contribution in [0.15, 0.2) is 36.7 Å². The fourth-order valence-electron chi connectivity index (χ4n) is 4.64. The number of aromatic nitrogens is 2. The van der Waals surface area contributed by atoms with Crippen molar-refractivity contribution in [2.24, 2.45) is 11.3 Å². The number of rotatable bonds is 6. The summed E-state index contributed by atoms with van der Waals surface area (Å²) in [5, 5.41) is 2.92. The third-order valence-electron chi connectivity index (χ3n) is 6.11. The van der Waals surface area contributed by atoms with Crippen molar-refractivity contribution in [3.05, 3.63) is 53.7 Å². The Morgan fingerprint density at radius 1 is 1.14 bits per heavy atom. The maximum absolute atomic E-state index is 13.1. The van der Waals surface area contributed by atoms with E-state index in [1.807, 2.05) is 6.92 Å². The molecule has 0 aliphatic heterocycles. The lowest BCUT2D eigenvalue weighted by molar-refractivity contribution is -0.168. The molecule has 0 spiro atoms. The first-order valence-electron chi connectivity index (χ1n) is 9.06. The van der Waals surface area contributed by atoms with E-state index in [9.17, 15) is 22.4 Å². The van der Waals surface area contributed by atoms with Crippen molar-refractivity contribution in [1.82, 2.24) is 9.97 Å². The second kappa shape index (κ2) is 6.25. The van der Waals surface area contributed by atoms with Gasteiger partial charge >= 0.3 is 6.18 Å². The number of benzene rings is 1. The van der Waals surface area contributed by atoms with Crippen molar-refractivity contribution >= 4 is 11.6 Å². The molecule has 2 aromatic rings. The average molecular weight is 393 g/mol. The maximum atomic E-state index is 13.1. The SMILES string of the molecule is CC(C(=O)Cc1ccc(F)cc1)C12CC(Nc3nccnc3C(F)(F)F)(C1)C2. The Labute approximate surface area is 159 Å². The van der Waals surface area contributed by atoms with Gasteiger partial charge in [-0.25, -0.2) is 14.4 Å². The molecule has 28 heavy (non-hydrogen) atoms. The molecule has 2 bridgehead atoms. The first-order valence-corrected chi connectivity index (χ1v) is 9.06. The van der Waals surface area contributed by atoms with Crippen LogP contribution in [0.1, 0.15) is 37.4 Å². The summed E-state index contributed by atoms with van der Waals surface area (Å²) >= 11 is 0. The Morgan fingerprint density at radius 3 is 2.36 bits per heavy atom. The highest BCUT2D eigenvalue weighted by Crippen LogP contribution is 2.71. The summed E-state index contributed by atoms with van der Waals surface area (Å²) < 4.78 is 52.3. The summed E-state index contributed by atoms with van der Waals surface area (Å²) in [6.45, 7) is 1.87. The summed E-state index contributed by atoms with van der Waals surface area (Å²) in [6.07, 6.45) is -0.206. The zero-order chi connectivity index (χ0) is 20.2. The van der Waals surface area contributed by atoms with Crippen LogP contribution in [-0.4, -0.2) is 21.3 Å². The van der Waals surface area contributed by atoms with Crippen molar-refractivity contribution in [2.75, 3.05) is 5.32 Å². The lowest BCUT2D eigenvalue weighted by atomic mass is 9.35. The van der Waals surface area contributed by atoms with E-state index in [-0.39, 0.29) is 35.2 Å². The van der Waals surface area contributed by atoms with E-state index in [2.05, 4.69) is 15.3 Å². The van der Waals surface area contributed by atoms with Crippen LogP contribution in [0.3, 0.4) is 0 Å². The number of carbonyl (C=O) groups excluding carboxylic acids is 1. The van der Waals surface area contributed by atoms with Gasteiger partial charge < -0.3 is 5.32 Å². The van der Waals surface area contributed by atoms with Gasteiger partial charge in [-0.3, -0.25) is 4.79 Å². The summed E-state index contributed by atoms with van der Waals surface area (Å²) in [6, 6.07) is 5.84. The molecular formula is C20H19F4N3O. The number of halogens is 4. The minimum absolute atomic E-state index is 0.0652. The van der Waals surface area contributed by atoms with Gasteiger partial charge in [0.1, 0.15) is 11.6 Å². The number of carbonyl (C=O) groups is 1. The normalized spacial score (nSPS) is 26.8. The Bertz CT molecular complexity index is 891. The van der Waals surface area contributed by atoms with E-state index in [0.717, 1.165) is 11.8 Å². The van der Waals surface area contributed by atoms with Crippen molar-refractivity contribution in [1.29, 1.82) is 0 Å². The van der Waals surface area contributed by atoms with E-state index >= 15 is 0 Å². The van der Waals surface area contributed by atoms with Gasteiger partial charge in [-0.1, -0.05) is 19.1 Å². The molecule has 4 nitrogen and oxygen atoms in total. The minimum Gasteiger partial charge on any atom is -0.363 e. The van der Waals surface area contributed by atoms with Crippen LogP contribution in [0.4, 0.5) is 23.4 Å². The number of ketones is 1. The quantitative estimate of drug-likeness (QED) is 0.739. The molecular weight excluding hydrogens is 374 g/mol. The monoisotopic (exact) mass is 393 g/mol. The second-order valence-electron chi connectivity index (χ2n) is 8.04. The van der Waals surface area contributed by atoms with Crippen LogP contribution in [-0.2, 0) is 17.4 Å². The summed E-state index contributed by atoms with van der Waals surface area (Å²) in [7, 11) is 0. The number of nitrogens with one attached hydrogen (secondary N) is 1. The van der Waals surface area contributed by atoms with Gasteiger partial charge in [-0.15, -0.1) is 0 Å². The fourth-order valence-corrected chi connectivity index (χ4v) is 4.64. The molecule has 1 heterocycles. The molecule has 3 aliphatic rings. The van der Waals surface area contributed by atoms with Crippen LogP contribution in [0.2, 0.25) is 0 Å². The number of Topliss-reactive ketones (excluding diaryl/α,β-unsaturated/α-hetero) is 1. The number of anilines is 1. The minimum atomic E-state index is -4.57. The second-order valence-corrected chi connectivity index (χ2v) is 8.04. The molecule has 0 amide bonds. The van der Waals surface area contributed by atoms with Gasteiger partial charge in [0, 0.05) is 30.3 Å². The molecule has 1 unspecified atom stereocenters. The zero-order valence-electron chi connectivity index (χ0n) is 15.2. The van der Waals surface area contributed by atoms with E-state index in [4.69, 9.17) is 0 Å². The largest absolute Gasteiger partial charge is 0.437 e. The zero-order valence-corrected chi connectivity index (χ0v) is 15.2. The molecule has 0 saturated heterocycles. The van der Waals surface area contributed by atoms with Crippen molar-refractivity contribution in [3.8, 4) is 0 Å². The maximum Gasteiger partial charge on any atom is 0.437 e. The van der Waals surface area contributed by atoms with E-state index < -0.39 is 17.4 Å². The average Bonchev–Trinajstić information content (AvgIpc) is 2.57. The smallest absolute Gasteiger partial charge is 0.363 e. The Balaban J connectivity index is 1.39. The third-order valence-corrected chi connectivity index (χ3v) is 6.11. The molecule has 1 N–H and O–H groups in total. The predicted molar refractivity (Wildman–Crippen MR) is 93.9 cm³/mol. The topological polar surface area (TPSA) is 54.9 Å². The van der Waals surface area contributed by atoms with E-state index in [1.165, 1.54) is 18.3 Å². The Kier molecular flexibility index (Phi) is 4.21. The molecule has 1 aromatic heterocycles. The van der Waals surface area contributed by atoms with Gasteiger partial charge in [0.25, 0.3) is 0 Å². The molecule has 5 rings (SSSR count). The molecule has 0 radical (unpaired) electrons. The van der Waals surface area contributed by atoms with Crippen LogP contribution < -0.4 is 5.32 Å².